The fraction of sp³-hybridized carbons (Fsp3) is 0.348. The number of benzene rings is 1. The number of hydrogen-bond acceptors (Lipinski definition) is 6. The predicted molar refractivity (Wildman–Crippen MR) is 124 cm³/mol. The first kappa shape index (κ1) is 23.4. The average molecular weight is 493 g/mol. The highest BCUT2D eigenvalue weighted by Gasteiger charge is 2.34. The molecule has 1 aromatic heterocycles. The lowest BCUT2D eigenvalue weighted by molar-refractivity contribution is -0.122. The average Bonchev–Trinajstić information content (AvgIpc) is 3.21. The number of imide groups is 1. The second kappa shape index (κ2) is 10.5. The molecule has 0 saturated carbocycles. The van der Waals surface area contributed by atoms with Crippen molar-refractivity contribution in [2.75, 3.05) is 13.1 Å². The molecule has 10 heteroatoms. The summed E-state index contributed by atoms with van der Waals surface area (Å²) in [5.74, 6) is -0.634. The molecule has 33 heavy (non-hydrogen) atoms. The maximum absolute atomic E-state index is 12.6. The van der Waals surface area contributed by atoms with Crippen LogP contribution in [0, 0.1) is 0 Å². The Kier molecular flexibility index (Phi) is 7.44. The number of carbonyl (C=O) groups excluding carboxylic acids is 3. The molecular weight excluding hydrogens is 470 g/mol. The van der Waals surface area contributed by atoms with Crippen LogP contribution in [0.1, 0.15) is 44.9 Å². The van der Waals surface area contributed by atoms with E-state index in [1.807, 2.05) is 6.07 Å². The molecule has 0 radical (unpaired) electrons. The van der Waals surface area contributed by atoms with E-state index in [2.05, 4.69) is 10.1 Å². The highest BCUT2D eigenvalue weighted by atomic mass is 32.2. The third-order valence-electron chi connectivity index (χ3n) is 5.37. The van der Waals surface area contributed by atoms with Crippen molar-refractivity contribution >= 4 is 46.2 Å². The largest absolute Gasteiger partial charge is 0.435 e. The molecule has 2 aliphatic rings. The van der Waals surface area contributed by atoms with Gasteiger partial charge in [0, 0.05) is 18.0 Å². The standard InChI is InChI=1S/C23H22F2N2O4S2/c24-22(25)31-16-8-6-14(7-9-16)12-19-21(29)27(23(30)33-19)11-10-26-20(28)18-13-15-4-2-1-3-5-17(15)32-18/h6-9,12-13,22H,1-5,10-11H2,(H,26,28)/b19-12+. The zero-order chi connectivity index (χ0) is 23.4. The lowest BCUT2D eigenvalue weighted by Crippen LogP contribution is -2.37. The van der Waals surface area contributed by atoms with Gasteiger partial charge in [-0.3, -0.25) is 19.3 Å². The predicted octanol–water partition coefficient (Wildman–Crippen LogP) is 5.08. The van der Waals surface area contributed by atoms with Crippen molar-refractivity contribution in [3.8, 4) is 5.75 Å². The van der Waals surface area contributed by atoms with Crippen LogP contribution in [-0.4, -0.2) is 41.7 Å². The zero-order valence-corrected chi connectivity index (χ0v) is 19.3. The van der Waals surface area contributed by atoms with E-state index >= 15 is 0 Å². The Hall–Kier alpha value is -2.72. The molecule has 3 amide bonds. The number of ether oxygens (including phenoxy) is 1. The zero-order valence-electron chi connectivity index (χ0n) is 17.6. The second-order valence-corrected chi connectivity index (χ2v) is 9.79. The molecule has 2 aromatic rings. The normalized spacial score (nSPS) is 17.4. The molecule has 0 spiro atoms. The summed E-state index contributed by atoms with van der Waals surface area (Å²) in [5.41, 5.74) is 1.83. The number of rotatable bonds is 7. The molecule has 0 unspecified atom stereocenters. The van der Waals surface area contributed by atoms with Crippen molar-refractivity contribution in [1.29, 1.82) is 0 Å². The molecule has 1 fully saturated rings. The summed E-state index contributed by atoms with van der Waals surface area (Å²) in [6.45, 7) is -2.69. The van der Waals surface area contributed by atoms with Gasteiger partial charge in [-0.25, -0.2) is 0 Å². The van der Waals surface area contributed by atoms with E-state index in [1.165, 1.54) is 58.5 Å². The summed E-state index contributed by atoms with van der Waals surface area (Å²) in [6.07, 6.45) is 7.05. The molecule has 2 heterocycles. The maximum Gasteiger partial charge on any atom is 0.387 e. The third kappa shape index (κ3) is 5.80. The van der Waals surface area contributed by atoms with Crippen molar-refractivity contribution in [1.82, 2.24) is 10.2 Å². The molecule has 1 N–H and O–H groups in total. The number of nitrogens with one attached hydrogen (secondary N) is 1. The van der Waals surface area contributed by atoms with Gasteiger partial charge in [0.15, 0.2) is 0 Å². The van der Waals surface area contributed by atoms with Crippen LogP contribution < -0.4 is 10.1 Å². The fourth-order valence-corrected chi connectivity index (χ4v) is 5.77. The second-order valence-electron chi connectivity index (χ2n) is 7.66. The van der Waals surface area contributed by atoms with Crippen LogP contribution in [0.3, 0.4) is 0 Å². The van der Waals surface area contributed by atoms with Gasteiger partial charge in [0.05, 0.1) is 9.78 Å². The summed E-state index contributed by atoms with van der Waals surface area (Å²) < 4.78 is 28.8. The van der Waals surface area contributed by atoms with Gasteiger partial charge in [0.25, 0.3) is 17.1 Å². The Labute approximate surface area is 198 Å². The number of thioether (sulfide) groups is 1. The SMILES string of the molecule is O=C(NCCN1C(=O)S/C(=C/c2ccc(OC(F)F)cc2)C1=O)c1cc2c(s1)CCCCC2. The van der Waals surface area contributed by atoms with E-state index in [4.69, 9.17) is 0 Å². The van der Waals surface area contributed by atoms with E-state index in [9.17, 15) is 23.2 Å². The topological polar surface area (TPSA) is 75.7 Å². The van der Waals surface area contributed by atoms with Gasteiger partial charge in [-0.05, 0) is 72.8 Å². The van der Waals surface area contributed by atoms with Gasteiger partial charge >= 0.3 is 6.61 Å². The molecule has 1 aliphatic heterocycles. The minimum absolute atomic E-state index is 0.00754. The number of amides is 3. The maximum atomic E-state index is 12.6. The Morgan fingerprint density at radius 1 is 1.15 bits per heavy atom. The number of carbonyl (C=O) groups is 3. The summed E-state index contributed by atoms with van der Waals surface area (Å²) >= 11 is 2.33. The molecule has 0 bridgehead atoms. The first-order valence-electron chi connectivity index (χ1n) is 10.6. The quantitative estimate of drug-likeness (QED) is 0.431. The van der Waals surface area contributed by atoms with E-state index in [-0.39, 0.29) is 29.7 Å². The molecule has 0 atom stereocenters. The van der Waals surface area contributed by atoms with Gasteiger partial charge in [0.1, 0.15) is 5.75 Å². The number of alkyl halides is 2. The van der Waals surface area contributed by atoms with Crippen molar-refractivity contribution < 1.29 is 27.9 Å². The van der Waals surface area contributed by atoms with E-state index in [0.717, 1.165) is 42.3 Å². The summed E-state index contributed by atoms with van der Waals surface area (Å²) in [5, 5.41) is 2.38. The monoisotopic (exact) mass is 492 g/mol. The number of nitrogens with zero attached hydrogens (tertiary/aromatic N) is 1. The van der Waals surface area contributed by atoms with E-state index in [0.29, 0.717) is 10.4 Å². The highest BCUT2D eigenvalue weighted by Crippen LogP contribution is 2.32. The molecule has 1 saturated heterocycles. The first-order chi connectivity index (χ1) is 15.9. The molecule has 1 aromatic carbocycles. The van der Waals surface area contributed by atoms with Crippen LogP contribution in [0.2, 0.25) is 0 Å². The van der Waals surface area contributed by atoms with Crippen LogP contribution in [0.25, 0.3) is 6.08 Å². The molecule has 174 valence electrons. The Morgan fingerprint density at radius 3 is 2.67 bits per heavy atom. The number of fused-ring (bicyclic) bond motifs is 1. The van der Waals surface area contributed by atoms with Crippen LogP contribution in [0.4, 0.5) is 13.6 Å². The number of hydrogen-bond donors (Lipinski definition) is 1. The number of thiophene rings is 1. The van der Waals surface area contributed by atoms with Gasteiger partial charge in [-0.15, -0.1) is 11.3 Å². The number of aryl methyl sites for hydroxylation is 2. The lowest BCUT2D eigenvalue weighted by atomic mass is 10.1. The van der Waals surface area contributed by atoms with E-state index in [1.54, 1.807) is 0 Å². The van der Waals surface area contributed by atoms with E-state index < -0.39 is 17.8 Å². The minimum atomic E-state index is -2.91. The summed E-state index contributed by atoms with van der Waals surface area (Å²) in [7, 11) is 0. The molecule has 6 nitrogen and oxygen atoms in total. The van der Waals surface area contributed by atoms with Gasteiger partial charge in [-0.2, -0.15) is 8.78 Å². The lowest BCUT2D eigenvalue weighted by Gasteiger charge is -2.12. The Balaban J connectivity index is 1.32. The minimum Gasteiger partial charge on any atom is -0.435 e. The van der Waals surface area contributed by atoms with Crippen LogP contribution in [0.5, 0.6) is 5.75 Å². The van der Waals surface area contributed by atoms with Gasteiger partial charge < -0.3 is 10.1 Å². The Bertz CT molecular complexity index is 1060. The van der Waals surface area contributed by atoms with Crippen molar-refractivity contribution in [2.24, 2.45) is 0 Å². The third-order valence-corrected chi connectivity index (χ3v) is 7.51. The molecule has 4 rings (SSSR count). The van der Waals surface area contributed by atoms with Gasteiger partial charge in [0.2, 0.25) is 0 Å². The van der Waals surface area contributed by atoms with Crippen LogP contribution in [-0.2, 0) is 17.6 Å². The van der Waals surface area contributed by atoms with Crippen molar-refractivity contribution in [3.63, 3.8) is 0 Å². The van der Waals surface area contributed by atoms with Crippen LogP contribution in [0.15, 0.2) is 35.2 Å². The smallest absolute Gasteiger partial charge is 0.387 e. The first-order valence-corrected chi connectivity index (χ1v) is 12.2. The molecule has 1 aliphatic carbocycles. The Morgan fingerprint density at radius 2 is 1.91 bits per heavy atom. The number of halogens is 2. The summed E-state index contributed by atoms with van der Waals surface area (Å²) in [6, 6.07) is 7.73. The van der Waals surface area contributed by atoms with Crippen molar-refractivity contribution in [3.05, 3.63) is 56.1 Å². The van der Waals surface area contributed by atoms with Crippen LogP contribution >= 0.6 is 23.1 Å². The fourth-order valence-electron chi connectivity index (χ4n) is 3.74. The summed E-state index contributed by atoms with van der Waals surface area (Å²) in [4.78, 5) is 40.7. The van der Waals surface area contributed by atoms with Gasteiger partial charge in [-0.1, -0.05) is 18.6 Å². The molecular formula is C23H22F2N2O4S2. The van der Waals surface area contributed by atoms with Crippen molar-refractivity contribution in [2.45, 2.75) is 38.7 Å². The highest BCUT2D eigenvalue weighted by molar-refractivity contribution is 8.18.